The molecule has 6 nitrogen and oxygen atoms in total. The molecule has 0 aliphatic carbocycles. The predicted octanol–water partition coefficient (Wildman–Crippen LogP) is 4.95. The number of rotatable bonds is 5. The molecule has 6 heteroatoms. The number of benzene rings is 3. The number of aliphatic hydroxyl groups excluding tert-OH is 1. The highest BCUT2D eigenvalue weighted by atomic mass is 16.5. The van der Waals surface area contributed by atoms with E-state index in [0.717, 1.165) is 11.1 Å². The van der Waals surface area contributed by atoms with Crippen LogP contribution in [0.2, 0.25) is 0 Å². The highest BCUT2D eigenvalue weighted by molar-refractivity contribution is 6.51. The lowest BCUT2D eigenvalue weighted by molar-refractivity contribution is -0.132. The van der Waals surface area contributed by atoms with Gasteiger partial charge in [-0.3, -0.25) is 14.5 Å². The SMILES string of the molecule is COc1ccccc1/C(O)=C1\C(=O)C(=O)N(c2ccc(C)cc2C)C1c1ccccc1OC. The number of carbonyl (C=O) groups excluding carboxylic acids is 2. The van der Waals surface area contributed by atoms with E-state index in [2.05, 4.69) is 0 Å². The Morgan fingerprint density at radius 3 is 2.18 bits per heavy atom. The van der Waals surface area contributed by atoms with Crippen molar-refractivity contribution in [2.24, 2.45) is 0 Å². The molecule has 33 heavy (non-hydrogen) atoms. The van der Waals surface area contributed by atoms with Crippen LogP contribution in [0.1, 0.15) is 28.3 Å². The van der Waals surface area contributed by atoms with Crippen LogP contribution in [-0.4, -0.2) is 31.0 Å². The second kappa shape index (κ2) is 8.82. The molecule has 1 fully saturated rings. The number of anilines is 1. The molecule has 1 amide bonds. The fourth-order valence-electron chi connectivity index (χ4n) is 4.33. The smallest absolute Gasteiger partial charge is 0.300 e. The Balaban J connectivity index is 2.03. The highest BCUT2D eigenvalue weighted by Gasteiger charge is 2.48. The summed E-state index contributed by atoms with van der Waals surface area (Å²) in [6, 6.07) is 18.8. The van der Waals surface area contributed by atoms with Gasteiger partial charge in [-0.05, 0) is 43.7 Å². The number of ether oxygens (including phenoxy) is 2. The van der Waals surface area contributed by atoms with E-state index in [1.54, 1.807) is 36.4 Å². The minimum absolute atomic E-state index is 0.0195. The van der Waals surface area contributed by atoms with Crippen LogP contribution in [0.3, 0.4) is 0 Å². The van der Waals surface area contributed by atoms with Crippen molar-refractivity contribution < 1.29 is 24.2 Å². The lowest BCUT2D eigenvalue weighted by atomic mass is 9.94. The van der Waals surface area contributed by atoms with E-state index in [0.29, 0.717) is 28.3 Å². The molecule has 1 aliphatic heterocycles. The molecule has 168 valence electrons. The van der Waals surface area contributed by atoms with Crippen molar-refractivity contribution in [3.63, 3.8) is 0 Å². The maximum atomic E-state index is 13.4. The van der Waals surface area contributed by atoms with Gasteiger partial charge in [0.05, 0.1) is 31.4 Å². The number of hydrogen-bond donors (Lipinski definition) is 1. The van der Waals surface area contributed by atoms with E-state index in [1.807, 2.05) is 44.2 Å². The standard InChI is InChI=1S/C27H25NO5/c1-16-13-14-20(17(2)15-16)28-24(18-9-5-7-11-21(18)32-3)23(26(30)27(28)31)25(29)19-10-6-8-12-22(19)33-4/h5-15,24,29H,1-4H3/b25-23+. The van der Waals surface area contributed by atoms with Crippen molar-refractivity contribution in [3.8, 4) is 11.5 Å². The fourth-order valence-corrected chi connectivity index (χ4v) is 4.33. The largest absolute Gasteiger partial charge is 0.507 e. The van der Waals surface area contributed by atoms with E-state index in [-0.39, 0.29) is 11.3 Å². The molecule has 0 bridgehead atoms. The Morgan fingerprint density at radius 1 is 0.879 bits per heavy atom. The summed E-state index contributed by atoms with van der Waals surface area (Å²) in [5, 5.41) is 11.4. The summed E-state index contributed by atoms with van der Waals surface area (Å²) in [6.07, 6.45) is 0. The van der Waals surface area contributed by atoms with E-state index < -0.39 is 17.7 Å². The zero-order chi connectivity index (χ0) is 23.7. The summed E-state index contributed by atoms with van der Waals surface area (Å²) < 4.78 is 11.0. The quantitative estimate of drug-likeness (QED) is 0.343. The molecular formula is C27H25NO5. The molecule has 0 aromatic heterocycles. The number of amides is 1. The molecule has 1 atom stereocenters. The summed E-state index contributed by atoms with van der Waals surface area (Å²) in [4.78, 5) is 28.2. The lowest BCUT2D eigenvalue weighted by Gasteiger charge is -2.28. The van der Waals surface area contributed by atoms with Crippen molar-refractivity contribution in [2.75, 3.05) is 19.1 Å². The molecule has 1 saturated heterocycles. The average molecular weight is 443 g/mol. The number of nitrogens with zero attached hydrogens (tertiary/aromatic N) is 1. The van der Waals surface area contributed by atoms with Gasteiger partial charge in [-0.15, -0.1) is 0 Å². The third-order valence-electron chi connectivity index (χ3n) is 5.85. The van der Waals surface area contributed by atoms with Gasteiger partial charge in [0.1, 0.15) is 17.3 Å². The van der Waals surface area contributed by atoms with E-state index >= 15 is 0 Å². The molecule has 1 aliphatic rings. The monoisotopic (exact) mass is 443 g/mol. The second-order valence-electron chi connectivity index (χ2n) is 7.90. The minimum Gasteiger partial charge on any atom is -0.507 e. The minimum atomic E-state index is -0.882. The van der Waals surface area contributed by atoms with Crippen molar-refractivity contribution in [1.29, 1.82) is 0 Å². The summed E-state index contributed by atoms with van der Waals surface area (Å²) in [7, 11) is 3.01. The summed E-state index contributed by atoms with van der Waals surface area (Å²) >= 11 is 0. The first-order valence-electron chi connectivity index (χ1n) is 10.5. The molecule has 3 aromatic carbocycles. The van der Waals surface area contributed by atoms with E-state index in [4.69, 9.17) is 9.47 Å². The van der Waals surface area contributed by atoms with Crippen LogP contribution in [0.5, 0.6) is 11.5 Å². The van der Waals surface area contributed by atoms with Gasteiger partial charge in [0.25, 0.3) is 11.7 Å². The number of carbonyl (C=O) groups is 2. The highest BCUT2D eigenvalue weighted by Crippen LogP contribution is 2.46. The zero-order valence-corrected chi connectivity index (χ0v) is 19.0. The first-order valence-corrected chi connectivity index (χ1v) is 10.5. The van der Waals surface area contributed by atoms with E-state index in [1.165, 1.54) is 19.1 Å². The van der Waals surface area contributed by atoms with Crippen LogP contribution in [0.25, 0.3) is 5.76 Å². The van der Waals surface area contributed by atoms with Crippen LogP contribution in [0.15, 0.2) is 72.3 Å². The number of methoxy groups -OCH3 is 2. The Kier molecular flexibility index (Phi) is 5.92. The normalized spacial score (nSPS) is 17.3. The Hall–Kier alpha value is -4.06. The van der Waals surface area contributed by atoms with Gasteiger partial charge in [0, 0.05) is 11.3 Å². The van der Waals surface area contributed by atoms with Crippen LogP contribution in [0.4, 0.5) is 5.69 Å². The summed E-state index contributed by atoms with van der Waals surface area (Å²) in [5.41, 5.74) is 3.38. The Bertz CT molecular complexity index is 1280. The van der Waals surface area contributed by atoms with Gasteiger partial charge in [0.15, 0.2) is 0 Å². The fraction of sp³-hybridized carbons (Fsp3) is 0.185. The third kappa shape index (κ3) is 3.74. The zero-order valence-electron chi connectivity index (χ0n) is 19.0. The molecule has 0 saturated carbocycles. The molecule has 4 rings (SSSR count). The molecule has 0 radical (unpaired) electrons. The summed E-state index contributed by atoms with van der Waals surface area (Å²) in [5.74, 6) is -0.880. The van der Waals surface area contributed by atoms with Crippen molar-refractivity contribution in [2.45, 2.75) is 19.9 Å². The second-order valence-corrected chi connectivity index (χ2v) is 7.90. The van der Waals surface area contributed by atoms with Gasteiger partial charge in [0.2, 0.25) is 0 Å². The molecular weight excluding hydrogens is 418 g/mol. The summed E-state index contributed by atoms with van der Waals surface area (Å²) in [6.45, 7) is 3.85. The third-order valence-corrected chi connectivity index (χ3v) is 5.85. The van der Waals surface area contributed by atoms with Crippen LogP contribution in [-0.2, 0) is 9.59 Å². The van der Waals surface area contributed by atoms with Crippen molar-refractivity contribution in [1.82, 2.24) is 0 Å². The molecule has 1 N–H and O–H groups in total. The van der Waals surface area contributed by atoms with Gasteiger partial charge in [-0.2, -0.15) is 0 Å². The number of aliphatic hydroxyl groups is 1. The van der Waals surface area contributed by atoms with Gasteiger partial charge in [-0.1, -0.05) is 48.0 Å². The maximum Gasteiger partial charge on any atom is 0.300 e. The van der Waals surface area contributed by atoms with Gasteiger partial charge >= 0.3 is 0 Å². The average Bonchev–Trinajstić information content (AvgIpc) is 3.08. The Morgan fingerprint density at radius 2 is 1.52 bits per heavy atom. The maximum absolute atomic E-state index is 13.4. The van der Waals surface area contributed by atoms with E-state index in [9.17, 15) is 14.7 Å². The lowest BCUT2D eigenvalue weighted by Crippen LogP contribution is -2.30. The van der Waals surface area contributed by atoms with Crippen molar-refractivity contribution in [3.05, 3.63) is 94.6 Å². The van der Waals surface area contributed by atoms with Crippen LogP contribution >= 0.6 is 0 Å². The van der Waals surface area contributed by atoms with Crippen LogP contribution in [0, 0.1) is 13.8 Å². The first kappa shape index (κ1) is 22.1. The first-order chi connectivity index (χ1) is 15.9. The van der Waals surface area contributed by atoms with Crippen molar-refractivity contribution >= 4 is 23.1 Å². The van der Waals surface area contributed by atoms with Crippen LogP contribution < -0.4 is 14.4 Å². The number of Topliss-reactive ketones (excluding diaryl/α,β-unsaturated/α-hetero) is 1. The number of hydrogen-bond acceptors (Lipinski definition) is 5. The molecule has 0 spiro atoms. The molecule has 3 aromatic rings. The Labute approximate surface area is 192 Å². The number of ketones is 1. The number of para-hydroxylation sites is 2. The predicted molar refractivity (Wildman–Crippen MR) is 127 cm³/mol. The molecule has 1 unspecified atom stereocenters. The molecule has 1 heterocycles. The topological polar surface area (TPSA) is 76.1 Å². The number of aryl methyl sites for hydroxylation is 2. The van der Waals surface area contributed by atoms with Gasteiger partial charge in [-0.25, -0.2) is 0 Å². The van der Waals surface area contributed by atoms with Gasteiger partial charge < -0.3 is 14.6 Å².